The number of carbonyl (C=O) groups excluding carboxylic acids is 1. The lowest BCUT2D eigenvalue weighted by molar-refractivity contribution is 0.0815. The highest BCUT2D eigenvalue weighted by molar-refractivity contribution is 5.92. The highest BCUT2D eigenvalue weighted by atomic mass is 35.5. The van der Waals surface area contributed by atoms with Gasteiger partial charge in [0.25, 0.3) is 5.91 Å². The van der Waals surface area contributed by atoms with Gasteiger partial charge in [-0.15, -0.1) is 12.4 Å². The summed E-state index contributed by atoms with van der Waals surface area (Å²) in [5.41, 5.74) is 5.95. The first-order chi connectivity index (χ1) is 7.44. The summed E-state index contributed by atoms with van der Waals surface area (Å²) in [5.74, 6) is -0.234. The smallest absolute Gasteiger partial charge is 0.270 e. The van der Waals surface area contributed by atoms with Crippen molar-refractivity contribution >= 4 is 24.0 Å². The second-order valence-corrected chi connectivity index (χ2v) is 4.25. The number of aromatic nitrogens is 1. The van der Waals surface area contributed by atoms with Crippen LogP contribution in [0.15, 0.2) is 18.3 Å². The number of nitrogens with two attached hydrogens (primary N) is 1. The van der Waals surface area contributed by atoms with E-state index >= 15 is 0 Å². The van der Waals surface area contributed by atoms with Crippen molar-refractivity contribution in [3.63, 3.8) is 0 Å². The van der Waals surface area contributed by atoms with Crippen molar-refractivity contribution in [2.24, 2.45) is 0 Å². The summed E-state index contributed by atoms with van der Waals surface area (Å²) < 4.78 is 5.01. The molecule has 0 radical (unpaired) electrons. The van der Waals surface area contributed by atoms with Crippen LogP contribution in [0.1, 0.15) is 24.3 Å². The number of rotatable bonds is 4. The third-order valence-corrected chi connectivity index (χ3v) is 1.98. The van der Waals surface area contributed by atoms with Crippen LogP contribution in [0.25, 0.3) is 0 Å². The molecular weight excluding hydrogens is 242 g/mol. The van der Waals surface area contributed by atoms with Gasteiger partial charge in [-0.05, 0) is 26.0 Å². The molecule has 1 heterocycles. The normalized spacial score (nSPS) is 10.5. The number of hydrogen-bond donors (Lipinski definition) is 2. The average Bonchev–Trinajstić information content (AvgIpc) is 2.17. The van der Waals surface area contributed by atoms with Crippen molar-refractivity contribution in [2.75, 3.05) is 19.5 Å². The van der Waals surface area contributed by atoms with E-state index < -0.39 is 5.54 Å². The first-order valence-electron chi connectivity index (χ1n) is 4.97. The standard InChI is InChI=1S/C11H17N3O2.ClH/c1-11(2,7-16-3)14-10(15)9-5-4-8(12)6-13-9;/h4-6H,7,12H2,1-3H3,(H,14,15);1H. The fraction of sp³-hybridized carbons (Fsp3) is 0.455. The van der Waals surface area contributed by atoms with E-state index in [2.05, 4.69) is 10.3 Å². The molecule has 0 atom stereocenters. The molecule has 1 aromatic rings. The van der Waals surface area contributed by atoms with Crippen LogP contribution < -0.4 is 11.1 Å². The topological polar surface area (TPSA) is 77.2 Å². The van der Waals surface area contributed by atoms with Crippen LogP contribution in [-0.4, -0.2) is 30.1 Å². The molecule has 0 unspecified atom stereocenters. The Morgan fingerprint density at radius 3 is 2.65 bits per heavy atom. The zero-order valence-electron chi connectivity index (χ0n) is 10.2. The Kier molecular flexibility index (Phi) is 5.91. The fourth-order valence-corrected chi connectivity index (χ4v) is 1.31. The highest BCUT2D eigenvalue weighted by Crippen LogP contribution is 2.06. The number of nitrogens with zero attached hydrogens (tertiary/aromatic N) is 1. The summed E-state index contributed by atoms with van der Waals surface area (Å²) in [5, 5.41) is 2.83. The zero-order valence-corrected chi connectivity index (χ0v) is 11.0. The van der Waals surface area contributed by atoms with E-state index in [9.17, 15) is 4.79 Å². The first kappa shape index (κ1) is 15.7. The second kappa shape index (κ2) is 6.42. The maximum Gasteiger partial charge on any atom is 0.270 e. The number of carbonyl (C=O) groups is 1. The molecule has 96 valence electrons. The molecule has 0 bridgehead atoms. The summed E-state index contributed by atoms with van der Waals surface area (Å²) in [4.78, 5) is 15.7. The number of hydrogen-bond acceptors (Lipinski definition) is 4. The van der Waals surface area contributed by atoms with Crippen LogP contribution in [0.4, 0.5) is 5.69 Å². The van der Waals surface area contributed by atoms with Gasteiger partial charge < -0.3 is 15.8 Å². The summed E-state index contributed by atoms with van der Waals surface area (Å²) in [7, 11) is 1.59. The van der Waals surface area contributed by atoms with Crippen LogP contribution in [0.5, 0.6) is 0 Å². The molecule has 0 spiro atoms. The Morgan fingerprint density at radius 2 is 2.18 bits per heavy atom. The van der Waals surface area contributed by atoms with E-state index in [1.807, 2.05) is 13.8 Å². The number of pyridine rings is 1. The third-order valence-electron chi connectivity index (χ3n) is 1.98. The van der Waals surface area contributed by atoms with Crippen molar-refractivity contribution in [1.29, 1.82) is 0 Å². The minimum absolute atomic E-state index is 0. The van der Waals surface area contributed by atoms with Crippen LogP contribution in [-0.2, 0) is 4.74 Å². The van der Waals surface area contributed by atoms with Crippen LogP contribution in [0.3, 0.4) is 0 Å². The van der Waals surface area contributed by atoms with E-state index in [1.54, 1.807) is 19.2 Å². The van der Waals surface area contributed by atoms with E-state index in [0.717, 1.165) is 0 Å². The number of nitrogen functional groups attached to an aromatic ring is 1. The quantitative estimate of drug-likeness (QED) is 0.853. The molecule has 0 saturated heterocycles. The van der Waals surface area contributed by atoms with Crippen molar-refractivity contribution in [1.82, 2.24) is 10.3 Å². The SMILES string of the molecule is COCC(C)(C)NC(=O)c1ccc(N)cn1.Cl. The molecule has 1 aromatic heterocycles. The Hall–Kier alpha value is -1.33. The van der Waals surface area contributed by atoms with Gasteiger partial charge in [0.2, 0.25) is 0 Å². The Morgan fingerprint density at radius 1 is 1.53 bits per heavy atom. The van der Waals surface area contributed by atoms with E-state index in [4.69, 9.17) is 10.5 Å². The van der Waals surface area contributed by atoms with Gasteiger partial charge in [0.1, 0.15) is 5.69 Å². The van der Waals surface area contributed by atoms with Gasteiger partial charge in [-0.3, -0.25) is 4.79 Å². The van der Waals surface area contributed by atoms with Crippen LogP contribution >= 0.6 is 12.4 Å². The van der Waals surface area contributed by atoms with Gasteiger partial charge in [-0.2, -0.15) is 0 Å². The summed E-state index contributed by atoms with van der Waals surface area (Å²) >= 11 is 0. The molecule has 0 fully saturated rings. The Bertz CT molecular complexity index is 365. The number of halogens is 1. The highest BCUT2D eigenvalue weighted by Gasteiger charge is 2.21. The monoisotopic (exact) mass is 259 g/mol. The molecule has 1 rings (SSSR count). The number of anilines is 1. The predicted molar refractivity (Wildman–Crippen MR) is 69.3 cm³/mol. The van der Waals surface area contributed by atoms with Gasteiger partial charge in [0.05, 0.1) is 24.0 Å². The van der Waals surface area contributed by atoms with Crippen molar-refractivity contribution in [2.45, 2.75) is 19.4 Å². The maximum atomic E-state index is 11.8. The van der Waals surface area contributed by atoms with Gasteiger partial charge in [-0.1, -0.05) is 0 Å². The Labute approximate surface area is 107 Å². The lowest BCUT2D eigenvalue weighted by Gasteiger charge is -2.24. The van der Waals surface area contributed by atoms with Crippen molar-refractivity contribution < 1.29 is 9.53 Å². The van der Waals surface area contributed by atoms with Gasteiger partial charge in [0, 0.05) is 7.11 Å². The average molecular weight is 260 g/mol. The van der Waals surface area contributed by atoms with Crippen LogP contribution in [0.2, 0.25) is 0 Å². The van der Waals surface area contributed by atoms with Crippen molar-refractivity contribution in [3.05, 3.63) is 24.0 Å². The van der Waals surface area contributed by atoms with E-state index in [-0.39, 0.29) is 18.3 Å². The molecule has 0 saturated carbocycles. The molecule has 6 heteroatoms. The maximum absolute atomic E-state index is 11.8. The molecule has 0 aliphatic rings. The summed E-state index contributed by atoms with van der Waals surface area (Å²) in [6.45, 7) is 4.20. The minimum atomic E-state index is -0.422. The van der Waals surface area contributed by atoms with Gasteiger partial charge in [0.15, 0.2) is 0 Å². The Balaban J connectivity index is 0.00000256. The number of ether oxygens (including phenoxy) is 1. The minimum Gasteiger partial charge on any atom is -0.397 e. The fourth-order valence-electron chi connectivity index (χ4n) is 1.31. The van der Waals surface area contributed by atoms with Gasteiger partial charge >= 0.3 is 0 Å². The van der Waals surface area contributed by atoms with Crippen molar-refractivity contribution in [3.8, 4) is 0 Å². The van der Waals surface area contributed by atoms with Crippen LogP contribution in [0, 0.1) is 0 Å². The molecule has 5 nitrogen and oxygen atoms in total. The molecule has 0 aliphatic heterocycles. The number of amides is 1. The molecular formula is C11H18ClN3O2. The molecule has 3 N–H and O–H groups in total. The third kappa shape index (κ3) is 5.01. The number of methoxy groups -OCH3 is 1. The summed E-state index contributed by atoms with van der Waals surface area (Å²) in [6.07, 6.45) is 1.46. The second-order valence-electron chi connectivity index (χ2n) is 4.25. The lowest BCUT2D eigenvalue weighted by atomic mass is 10.1. The van der Waals surface area contributed by atoms with E-state index in [1.165, 1.54) is 6.20 Å². The number of nitrogens with one attached hydrogen (secondary N) is 1. The molecule has 17 heavy (non-hydrogen) atoms. The molecule has 1 amide bonds. The largest absolute Gasteiger partial charge is 0.397 e. The first-order valence-corrected chi connectivity index (χ1v) is 4.97. The lowest BCUT2D eigenvalue weighted by Crippen LogP contribution is -2.47. The summed E-state index contributed by atoms with van der Waals surface area (Å²) in [6, 6.07) is 3.23. The predicted octanol–water partition coefficient (Wildman–Crippen LogP) is 1.24. The molecule has 0 aromatic carbocycles. The zero-order chi connectivity index (χ0) is 12.2. The van der Waals surface area contributed by atoms with E-state index in [0.29, 0.717) is 18.0 Å². The molecule has 0 aliphatic carbocycles. The van der Waals surface area contributed by atoms with Gasteiger partial charge in [-0.25, -0.2) is 4.98 Å².